The van der Waals surface area contributed by atoms with Gasteiger partial charge >= 0.3 is 0 Å². The van der Waals surface area contributed by atoms with Gasteiger partial charge in [-0.25, -0.2) is 4.98 Å². The van der Waals surface area contributed by atoms with Crippen LogP contribution >= 0.6 is 11.3 Å². The number of imidazole rings is 1. The van der Waals surface area contributed by atoms with Gasteiger partial charge in [-0.2, -0.15) is 8.42 Å². The van der Waals surface area contributed by atoms with Crippen LogP contribution in [-0.2, 0) is 10.0 Å². The highest BCUT2D eigenvalue weighted by Crippen LogP contribution is 2.29. The van der Waals surface area contributed by atoms with E-state index in [4.69, 9.17) is 0 Å². The van der Waals surface area contributed by atoms with E-state index in [2.05, 4.69) is 15.3 Å². The van der Waals surface area contributed by atoms with Crippen molar-refractivity contribution < 1.29 is 8.42 Å². The topological polar surface area (TPSA) is 79.6 Å². The molecule has 0 amide bonds. The van der Waals surface area contributed by atoms with Gasteiger partial charge in [0.2, 0.25) is 5.03 Å². The monoisotopic (exact) mass is 323 g/mol. The highest BCUT2D eigenvalue weighted by atomic mass is 32.2. The van der Waals surface area contributed by atoms with Gasteiger partial charge in [-0.05, 0) is 12.1 Å². The van der Waals surface area contributed by atoms with Crippen LogP contribution in [0.15, 0.2) is 41.1 Å². The SMILES string of the molecule is CNc1nc2sccn2c1S(=O)(=O)N(C)c1cccnc1. The van der Waals surface area contributed by atoms with Crippen molar-refractivity contribution in [2.45, 2.75) is 5.03 Å². The Bertz CT molecular complexity index is 870. The summed E-state index contributed by atoms with van der Waals surface area (Å²) in [5.41, 5.74) is 0.490. The number of hydrogen-bond acceptors (Lipinski definition) is 6. The Kier molecular flexibility index (Phi) is 3.30. The third kappa shape index (κ3) is 2.14. The van der Waals surface area contributed by atoms with Gasteiger partial charge < -0.3 is 5.32 Å². The molecule has 0 fully saturated rings. The first kappa shape index (κ1) is 13.8. The molecule has 0 saturated carbocycles. The average molecular weight is 323 g/mol. The number of aromatic nitrogens is 3. The van der Waals surface area contributed by atoms with Gasteiger partial charge in [-0.3, -0.25) is 13.7 Å². The number of anilines is 2. The minimum absolute atomic E-state index is 0.118. The predicted molar refractivity (Wildman–Crippen MR) is 82.4 cm³/mol. The normalized spacial score (nSPS) is 11.7. The fourth-order valence-electron chi connectivity index (χ4n) is 1.98. The van der Waals surface area contributed by atoms with E-state index in [1.165, 1.54) is 28.9 Å². The molecule has 0 spiro atoms. The number of hydrogen-bond donors (Lipinski definition) is 1. The van der Waals surface area contributed by atoms with E-state index < -0.39 is 10.0 Å². The molecule has 110 valence electrons. The van der Waals surface area contributed by atoms with Crippen molar-refractivity contribution >= 4 is 37.8 Å². The van der Waals surface area contributed by atoms with E-state index in [9.17, 15) is 8.42 Å². The van der Waals surface area contributed by atoms with Gasteiger partial charge in [-0.15, -0.1) is 11.3 Å². The van der Waals surface area contributed by atoms with E-state index in [1.807, 2.05) is 0 Å². The van der Waals surface area contributed by atoms with E-state index >= 15 is 0 Å². The first-order chi connectivity index (χ1) is 10.1. The third-order valence-electron chi connectivity index (χ3n) is 3.07. The maximum Gasteiger partial charge on any atom is 0.283 e. The molecular weight excluding hydrogens is 310 g/mol. The molecule has 0 aliphatic heterocycles. The number of nitrogens with zero attached hydrogens (tertiary/aromatic N) is 4. The van der Waals surface area contributed by atoms with E-state index in [-0.39, 0.29) is 5.03 Å². The Morgan fingerprint density at radius 1 is 1.43 bits per heavy atom. The number of pyridine rings is 1. The van der Waals surface area contributed by atoms with Crippen molar-refractivity contribution in [3.63, 3.8) is 0 Å². The Balaban J connectivity index is 2.18. The Morgan fingerprint density at radius 2 is 2.24 bits per heavy atom. The summed E-state index contributed by atoms with van der Waals surface area (Å²) in [6.07, 6.45) is 4.79. The van der Waals surface area contributed by atoms with Crippen LogP contribution in [0.4, 0.5) is 11.5 Å². The molecule has 9 heteroatoms. The Labute approximate surface area is 125 Å². The van der Waals surface area contributed by atoms with Crippen molar-refractivity contribution in [2.75, 3.05) is 23.7 Å². The van der Waals surface area contributed by atoms with Gasteiger partial charge in [0.05, 0.1) is 11.9 Å². The summed E-state index contributed by atoms with van der Waals surface area (Å²) in [5.74, 6) is 0.331. The molecule has 3 aromatic rings. The number of fused-ring (bicyclic) bond motifs is 1. The summed E-state index contributed by atoms with van der Waals surface area (Å²) < 4.78 is 28.5. The van der Waals surface area contributed by atoms with Gasteiger partial charge in [0.1, 0.15) is 0 Å². The van der Waals surface area contributed by atoms with Crippen molar-refractivity contribution in [1.29, 1.82) is 0 Å². The van der Waals surface area contributed by atoms with Crippen LogP contribution in [0, 0.1) is 0 Å². The van der Waals surface area contributed by atoms with Crippen molar-refractivity contribution in [3.8, 4) is 0 Å². The summed E-state index contributed by atoms with van der Waals surface area (Å²) in [6, 6.07) is 3.38. The lowest BCUT2D eigenvalue weighted by molar-refractivity contribution is 0.590. The standard InChI is InChI=1S/C12H13N5O2S2/c1-13-10-11(17-6-7-20-12(17)15-10)21(18,19)16(2)9-4-3-5-14-8-9/h3-8,13H,1-2H3. The minimum Gasteiger partial charge on any atom is -0.371 e. The van der Waals surface area contributed by atoms with Gasteiger partial charge in [0.25, 0.3) is 10.0 Å². The summed E-state index contributed by atoms with van der Waals surface area (Å²) >= 11 is 1.38. The molecule has 0 aliphatic carbocycles. The van der Waals surface area contributed by atoms with Crippen LogP contribution in [-0.4, -0.2) is 36.9 Å². The Morgan fingerprint density at radius 3 is 2.90 bits per heavy atom. The molecule has 0 bridgehead atoms. The second kappa shape index (κ2) is 5.01. The molecule has 0 unspecified atom stereocenters. The van der Waals surface area contributed by atoms with Crippen LogP contribution in [0.25, 0.3) is 4.96 Å². The molecule has 0 saturated heterocycles. The summed E-state index contributed by atoms with van der Waals surface area (Å²) in [4.78, 5) is 8.86. The average Bonchev–Trinajstić information content (AvgIpc) is 3.06. The maximum atomic E-state index is 12.9. The zero-order valence-corrected chi connectivity index (χ0v) is 13.0. The fourth-order valence-corrected chi connectivity index (χ4v) is 4.19. The lowest BCUT2D eigenvalue weighted by Crippen LogP contribution is -2.28. The number of sulfonamides is 1. The number of nitrogens with one attached hydrogen (secondary N) is 1. The number of thiazole rings is 1. The summed E-state index contributed by atoms with van der Waals surface area (Å²) in [7, 11) is -0.604. The van der Waals surface area contributed by atoms with Crippen LogP contribution < -0.4 is 9.62 Å². The zero-order valence-electron chi connectivity index (χ0n) is 11.4. The smallest absolute Gasteiger partial charge is 0.283 e. The maximum absolute atomic E-state index is 12.9. The van der Waals surface area contributed by atoms with E-state index in [0.29, 0.717) is 16.5 Å². The molecule has 7 nitrogen and oxygen atoms in total. The molecule has 0 atom stereocenters. The van der Waals surface area contributed by atoms with Gasteiger partial charge in [0, 0.05) is 31.9 Å². The van der Waals surface area contributed by atoms with Gasteiger partial charge in [-0.1, -0.05) is 0 Å². The van der Waals surface area contributed by atoms with E-state index in [1.54, 1.807) is 41.4 Å². The lowest BCUT2D eigenvalue weighted by Gasteiger charge is -2.19. The predicted octanol–water partition coefficient (Wildman–Crippen LogP) is 1.66. The molecule has 1 N–H and O–H groups in total. The zero-order chi connectivity index (χ0) is 15.0. The Hall–Kier alpha value is -2.13. The van der Waals surface area contributed by atoms with Crippen LogP contribution in [0.2, 0.25) is 0 Å². The second-order valence-corrected chi connectivity index (χ2v) is 7.01. The molecule has 0 aromatic carbocycles. The van der Waals surface area contributed by atoms with Crippen LogP contribution in [0.1, 0.15) is 0 Å². The molecule has 0 aliphatic rings. The molecule has 3 aromatic heterocycles. The highest BCUT2D eigenvalue weighted by molar-refractivity contribution is 7.92. The van der Waals surface area contributed by atoms with Crippen LogP contribution in [0.3, 0.4) is 0 Å². The first-order valence-corrected chi connectivity index (χ1v) is 8.40. The molecule has 21 heavy (non-hydrogen) atoms. The summed E-state index contributed by atoms with van der Waals surface area (Å²) in [6.45, 7) is 0. The quantitative estimate of drug-likeness (QED) is 0.790. The van der Waals surface area contributed by atoms with E-state index in [0.717, 1.165) is 0 Å². The second-order valence-electron chi connectivity index (χ2n) is 4.25. The molecular formula is C12H13N5O2S2. The van der Waals surface area contributed by atoms with Crippen molar-refractivity contribution in [3.05, 3.63) is 36.1 Å². The molecule has 3 rings (SSSR count). The fraction of sp³-hybridized carbons (Fsp3) is 0.167. The molecule has 3 heterocycles. The first-order valence-electron chi connectivity index (χ1n) is 6.08. The largest absolute Gasteiger partial charge is 0.371 e. The lowest BCUT2D eigenvalue weighted by atomic mass is 10.4. The summed E-state index contributed by atoms with van der Waals surface area (Å²) in [5, 5.41) is 4.75. The minimum atomic E-state index is -3.75. The highest BCUT2D eigenvalue weighted by Gasteiger charge is 2.30. The van der Waals surface area contributed by atoms with Gasteiger partial charge in [0.15, 0.2) is 10.8 Å². The van der Waals surface area contributed by atoms with Crippen molar-refractivity contribution in [1.82, 2.24) is 14.4 Å². The molecule has 0 radical (unpaired) electrons. The van der Waals surface area contributed by atoms with Crippen molar-refractivity contribution in [2.24, 2.45) is 0 Å². The third-order valence-corrected chi connectivity index (χ3v) is 5.64. The number of rotatable bonds is 4. The van der Waals surface area contributed by atoms with Crippen LogP contribution in [0.5, 0.6) is 0 Å².